The van der Waals surface area contributed by atoms with Crippen LogP contribution in [0.2, 0.25) is 0 Å². The molecule has 116 valence electrons. The number of nitrogens with one attached hydrogen (secondary N) is 1. The van der Waals surface area contributed by atoms with Crippen molar-refractivity contribution in [2.24, 2.45) is 5.92 Å². The van der Waals surface area contributed by atoms with E-state index in [2.05, 4.69) is 48.4 Å². The Kier molecular flexibility index (Phi) is 5.70. The fourth-order valence-electron chi connectivity index (χ4n) is 2.41. The van der Waals surface area contributed by atoms with Crippen LogP contribution in [0.15, 0.2) is 48.8 Å². The number of hydrogen-bond donors (Lipinski definition) is 1. The summed E-state index contributed by atoms with van der Waals surface area (Å²) in [6.07, 6.45) is 4.57. The Bertz CT molecular complexity index is 591. The van der Waals surface area contributed by atoms with Gasteiger partial charge in [-0.25, -0.2) is 0 Å². The lowest BCUT2D eigenvalue weighted by molar-refractivity contribution is -0.122. The first-order valence-electron chi connectivity index (χ1n) is 7.81. The zero-order chi connectivity index (χ0) is 15.9. The Morgan fingerprint density at radius 3 is 2.41 bits per heavy atom. The molecule has 3 heteroatoms. The molecule has 2 rings (SSSR count). The molecule has 2 aromatic rings. The van der Waals surface area contributed by atoms with E-state index in [-0.39, 0.29) is 11.8 Å². The van der Waals surface area contributed by atoms with E-state index in [4.69, 9.17) is 0 Å². The van der Waals surface area contributed by atoms with Crippen LogP contribution in [0, 0.1) is 5.92 Å². The molecular formula is C19H24N2O. The van der Waals surface area contributed by atoms with E-state index >= 15 is 0 Å². The van der Waals surface area contributed by atoms with E-state index in [0.717, 1.165) is 17.5 Å². The van der Waals surface area contributed by atoms with Gasteiger partial charge in [-0.3, -0.25) is 9.78 Å². The highest BCUT2D eigenvalue weighted by Crippen LogP contribution is 2.17. The number of aromatic nitrogens is 1. The monoisotopic (exact) mass is 296 g/mol. The third-order valence-corrected chi connectivity index (χ3v) is 3.71. The van der Waals surface area contributed by atoms with Crippen LogP contribution < -0.4 is 5.32 Å². The van der Waals surface area contributed by atoms with E-state index in [1.807, 2.05) is 19.1 Å². The van der Waals surface area contributed by atoms with Crippen molar-refractivity contribution in [3.8, 4) is 0 Å². The molecule has 0 fully saturated rings. The van der Waals surface area contributed by atoms with Gasteiger partial charge in [0.15, 0.2) is 0 Å². The first kappa shape index (κ1) is 16.2. The van der Waals surface area contributed by atoms with Crippen molar-refractivity contribution in [2.75, 3.05) is 0 Å². The molecule has 1 aromatic heterocycles. The third kappa shape index (κ3) is 4.69. The van der Waals surface area contributed by atoms with E-state index < -0.39 is 0 Å². The van der Waals surface area contributed by atoms with Gasteiger partial charge in [0.05, 0.1) is 5.92 Å². The number of benzene rings is 1. The van der Waals surface area contributed by atoms with Gasteiger partial charge in [0.2, 0.25) is 5.91 Å². The largest absolute Gasteiger partial charge is 0.351 e. The smallest absolute Gasteiger partial charge is 0.227 e. The van der Waals surface area contributed by atoms with Crippen molar-refractivity contribution in [3.05, 3.63) is 65.5 Å². The van der Waals surface area contributed by atoms with Crippen LogP contribution in [0.4, 0.5) is 0 Å². The molecular weight excluding hydrogens is 272 g/mol. The van der Waals surface area contributed by atoms with Crippen molar-refractivity contribution in [1.29, 1.82) is 0 Å². The normalized spacial score (nSPS) is 12.2. The molecule has 22 heavy (non-hydrogen) atoms. The highest BCUT2D eigenvalue weighted by atomic mass is 16.1. The minimum absolute atomic E-state index is 0.0421. The summed E-state index contributed by atoms with van der Waals surface area (Å²) in [5.41, 5.74) is 3.38. The highest BCUT2D eigenvalue weighted by molar-refractivity contribution is 5.83. The second-order valence-corrected chi connectivity index (χ2v) is 6.14. The number of hydrogen-bond acceptors (Lipinski definition) is 2. The maximum atomic E-state index is 12.2. The molecule has 0 bridgehead atoms. The first-order valence-corrected chi connectivity index (χ1v) is 7.81. The number of carbonyl (C=O) groups excluding carboxylic acids is 1. The zero-order valence-corrected chi connectivity index (χ0v) is 13.5. The average molecular weight is 296 g/mol. The maximum Gasteiger partial charge on any atom is 0.227 e. The van der Waals surface area contributed by atoms with Gasteiger partial charge in [0.1, 0.15) is 0 Å². The summed E-state index contributed by atoms with van der Waals surface area (Å²) in [6.45, 7) is 6.88. The molecule has 1 N–H and O–H groups in total. The molecule has 1 heterocycles. The van der Waals surface area contributed by atoms with Gasteiger partial charge in [-0.1, -0.05) is 44.2 Å². The van der Waals surface area contributed by atoms with Crippen molar-refractivity contribution in [1.82, 2.24) is 10.3 Å². The summed E-state index contributed by atoms with van der Waals surface area (Å²) in [6, 6.07) is 12.2. The molecule has 0 spiro atoms. The second kappa shape index (κ2) is 7.74. The highest BCUT2D eigenvalue weighted by Gasteiger charge is 2.14. The summed E-state index contributed by atoms with van der Waals surface area (Å²) in [7, 11) is 0. The Balaban J connectivity index is 1.92. The van der Waals surface area contributed by atoms with Gasteiger partial charge in [0, 0.05) is 18.9 Å². The average Bonchev–Trinajstić information content (AvgIpc) is 2.53. The molecule has 0 aliphatic rings. The van der Waals surface area contributed by atoms with Crippen LogP contribution in [0.5, 0.6) is 0 Å². The number of nitrogens with zero attached hydrogens (tertiary/aromatic N) is 1. The molecule has 0 saturated carbocycles. The van der Waals surface area contributed by atoms with Crippen LogP contribution >= 0.6 is 0 Å². The standard InChI is InChI=1S/C19H24N2O/c1-14(2)11-16-6-8-18(9-7-16)15(3)19(22)21-13-17-5-4-10-20-12-17/h4-10,12,14-15H,11,13H2,1-3H3,(H,21,22)/t15-/m1/s1. The number of pyridine rings is 1. The van der Waals surface area contributed by atoms with Crippen molar-refractivity contribution >= 4 is 5.91 Å². The topological polar surface area (TPSA) is 42.0 Å². The molecule has 0 aliphatic heterocycles. The van der Waals surface area contributed by atoms with Crippen LogP contribution in [0.3, 0.4) is 0 Å². The molecule has 0 radical (unpaired) electrons. The van der Waals surface area contributed by atoms with Gasteiger partial charge in [-0.15, -0.1) is 0 Å². The molecule has 1 amide bonds. The molecule has 0 saturated heterocycles. The lowest BCUT2D eigenvalue weighted by Crippen LogP contribution is -2.27. The predicted octanol–water partition coefficient (Wildman–Crippen LogP) is 3.70. The minimum atomic E-state index is -0.148. The summed E-state index contributed by atoms with van der Waals surface area (Å²) in [4.78, 5) is 16.3. The zero-order valence-electron chi connectivity index (χ0n) is 13.5. The lowest BCUT2D eigenvalue weighted by atomic mass is 9.96. The molecule has 0 unspecified atom stereocenters. The fraction of sp³-hybridized carbons (Fsp3) is 0.368. The first-order chi connectivity index (χ1) is 10.6. The van der Waals surface area contributed by atoms with E-state index in [9.17, 15) is 4.79 Å². The van der Waals surface area contributed by atoms with Crippen LogP contribution in [-0.4, -0.2) is 10.9 Å². The van der Waals surface area contributed by atoms with Crippen LogP contribution in [0.1, 0.15) is 43.4 Å². The van der Waals surface area contributed by atoms with Gasteiger partial charge in [-0.05, 0) is 42.0 Å². The Morgan fingerprint density at radius 2 is 1.82 bits per heavy atom. The summed E-state index contributed by atoms with van der Waals surface area (Å²) in [5, 5.41) is 2.97. The van der Waals surface area contributed by atoms with Crippen molar-refractivity contribution < 1.29 is 4.79 Å². The molecule has 3 nitrogen and oxygen atoms in total. The SMILES string of the molecule is CC(C)Cc1ccc([C@@H](C)C(=O)NCc2cccnc2)cc1. The number of amides is 1. The summed E-state index contributed by atoms with van der Waals surface area (Å²) in [5.74, 6) is 0.538. The van der Waals surface area contributed by atoms with Gasteiger partial charge >= 0.3 is 0 Å². The van der Waals surface area contributed by atoms with Gasteiger partial charge in [-0.2, -0.15) is 0 Å². The minimum Gasteiger partial charge on any atom is -0.351 e. The van der Waals surface area contributed by atoms with Gasteiger partial charge < -0.3 is 5.32 Å². The van der Waals surface area contributed by atoms with Crippen molar-refractivity contribution in [2.45, 2.75) is 39.7 Å². The summed E-state index contributed by atoms with van der Waals surface area (Å²) < 4.78 is 0. The van der Waals surface area contributed by atoms with Crippen molar-refractivity contribution in [3.63, 3.8) is 0 Å². The quantitative estimate of drug-likeness (QED) is 0.883. The predicted molar refractivity (Wildman–Crippen MR) is 89.5 cm³/mol. The molecule has 1 aromatic carbocycles. The van der Waals surface area contributed by atoms with Crippen LogP contribution in [0.25, 0.3) is 0 Å². The number of rotatable bonds is 6. The number of carbonyl (C=O) groups is 1. The maximum absolute atomic E-state index is 12.2. The Morgan fingerprint density at radius 1 is 1.09 bits per heavy atom. The molecule has 0 aliphatic carbocycles. The molecule has 1 atom stereocenters. The lowest BCUT2D eigenvalue weighted by Gasteiger charge is -2.13. The van der Waals surface area contributed by atoms with E-state index in [1.54, 1.807) is 12.4 Å². The fourth-order valence-corrected chi connectivity index (χ4v) is 2.41. The van der Waals surface area contributed by atoms with Crippen LogP contribution in [-0.2, 0) is 17.8 Å². The second-order valence-electron chi connectivity index (χ2n) is 6.14. The third-order valence-electron chi connectivity index (χ3n) is 3.71. The van der Waals surface area contributed by atoms with E-state index in [0.29, 0.717) is 12.5 Å². The van der Waals surface area contributed by atoms with Gasteiger partial charge in [0.25, 0.3) is 0 Å². The summed E-state index contributed by atoms with van der Waals surface area (Å²) >= 11 is 0. The Labute approximate surface area is 132 Å². The Hall–Kier alpha value is -2.16. The van der Waals surface area contributed by atoms with E-state index in [1.165, 1.54) is 5.56 Å².